The lowest BCUT2D eigenvalue weighted by Gasteiger charge is -2.05. The van der Waals surface area contributed by atoms with E-state index in [0.29, 0.717) is 11.5 Å². The summed E-state index contributed by atoms with van der Waals surface area (Å²) in [5.74, 6) is -0.442. The van der Waals surface area contributed by atoms with E-state index in [1.165, 1.54) is 22.9 Å². The van der Waals surface area contributed by atoms with E-state index in [-0.39, 0.29) is 17.7 Å². The van der Waals surface area contributed by atoms with Crippen LogP contribution in [0.1, 0.15) is 27.4 Å². The minimum absolute atomic E-state index is 0.0707. The first-order valence-corrected chi connectivity index (χ1v) is 5.34. The molecule has 6 heteroatoms. The number of hydrogen-bond donors (Lipinski definition) is 1. The average molecular weight is 248 g/mol. The van der Waals surface area contributed by atoms with Crippen LogP contribution in [-0.2, 0) is 6.54 Å². The van der Waals surface area contributed by atoms with Crippen molar-refractivity contribution in [3.05, 3.63) is 51.3 Å². The SMILES string of the molecule is Cc1noc(C)c1Cn1cc(C(=O)O)ccc1=O. The number of aromatic nitrogens is 2. The van der Waals surface area contributed by atoms with Gasteiger partial charge >= 0.3 is 5.97 Å². The molecule has 1 N–H and O–H groups in total. The van der Waals surface area contributed by atoms with Gasteiger partial charge in [0.15, 0.2) is 0 Å². The van der Waals surface area contributed by atoms with Crippen molar-refractivity contribution < 1.29 is 14.4 Å². The molecule has 0 amide bonds. The molecule has 18 heavy (non-hydrogen) atoms. The summed E-state index contributed by atoms with van der Waals surface area (Å²) in [6.45, 7) is 3.78. The first-order chi connectivity index (χ1) is 8.49. The van der Waals surface area contributed by atoms with E-state index < -0.39 is 5.97 Å². The van der Waals surface area contributed by atoms with Crippen molar-refractivity contribution in [2.75, 3.05) is 0 Å². The fraction of sp³-hybridized carbons (Fsp3) is 0.250. The van der Waals surface area contributed by atoms with Gasteiger partial charge in [-0.05, 0) is 19.9 Å². The van der Waals surface area contributed by atoms with E-state index in [1.807, 2.05) is 0 Å². The summed E-state index contributed by atoms with van der Waals surface area (Å²) < 4.78 is 6.33. The Morgan fingerprint density at radius 3 is 2.72 bits per heavy atom. The van der Waals surface area contributed by atoms with Gasteiger partial charge in [0.25, 0.3) is 5.56 Å². The number of nitrogens with zero attached hydrogens (tertiary/aromatic N) is 2. The average Bonchev–Trinajstić information content (AvgIpc) is 2.63. The van der Waals surface area contributed by atoms with Crippen LogP contribution in [0, 0.1) is 13.8 Å². The molecule has 0 spiro atoms. The molecular formula is C12H12N2O4. The molecule has 6 nitrogen and oxygen atoms in total. The van der Waals surface area contributed by atoms with Crippen LogP contribution in [0.3, 0.4) is 0 Å². The minimum Gasteiger partial charge on any atom is -0.478 e. The lowest BCUT2D eigenvalue weighted by Crippen LogP contribution is -2.21. The monoisotopic (exact) mass is 248 g/mol. The number of hydrogen-bond acceptors (Lipinski definition) is 4. The third-order valence-corrected chi connectivity index (χ3v) is 2.74. The maximum atomic E-state index is 11.7. The number of aromatic carboxylic acids is 1. The highest BCUT2D eigenvalue weighted by Gasteiger charge is 2.11. The normalized spacial score (nSPS) is 10.6. The highest BCUT2D eigenvalue weighted by molar-refractivity contribution is 5.87. The quantitative estimate of drug-likeness (QED) is 0.882. The molecule has 0 aliphatic heterocycles. The van der Waals surface area contributed by atoms with Gasteiger partial charge in [-0.25, -0.2) is 4.79 Å². The Morgan fingerprint density at radius 2 is 2.17 bits per heavy atom. The molecular weight excluding hydrogens is 236 g/mol. The van der Waals surface area contributed by atoms with Gasteiger partial charge in [-0.15, -0.1) is 0 Å². The second-order valence-electron chi connectivity index (χ2n) is 3.99. The Balaban J connectivity index is 2.43. The first-order valence-electron chi connectivity index (χ1n) is 5.34. The molecule has 0 unspecified atom stereocenters. The van der Waals surface area contributed by atoms with E-state index in [4.69, 9.17) is 9.63 Å². The maximum absolute atomic E-state index is 11.7. The molecule has 2 heterocycles. The number of rotatable bonds is 3. The Kier molecular flexibility index (Phi) is 3.01. The minimum atomic E-state index is -1.07. The molecule has 0 fully saturated rings. The standard InChI is InChI=1S/C12H12N2O4/c1-7-10(8(2)18-13-7)6-14-5-9(12(16)17)3-4-11(14)15/h3-5H,6H2,1-2H3,(H,16,17). The lowest BCUT2D eigenvalue weighted by atomic mass is 10.2. The van der Waals surface area contributed by atoms with Gasteiger partial charge in [0, 0.05) is 17.8 Å². The smallest absolute Gasteiger partial charge is 0.337 e. The molecule has 0 aliphatic carbocycles. The Labute approximate surface area is 102 Å². The molecule has 2 rings (SSSR count). The Hall–Kier alpha value is -2.37. The predicted octanol–water partition coefficient (Wildman–Crippen LogP) is 1.20. The molecule has 0 aromatic carbocycles. The number of aryl methyl sites for hydroxylation is 2. The Morgan fingerprint density at radius 1 is 1.44 bits per heavy atom. The van der Waals surface area contributed by atoms with Crippen molar-refractivity contribution >= 4 is 5.97 Å². The van der Waals surface area contributed by atoms with Gasteiger partial charge in [0.2, 0.25) is 0 Å². The van der Waals surface area contributed by atoms with Gasteiger partial charge in [0.1, 0.15) is 5.76 Å². The van der Waals surface area contributed by atoms with Crippen molar-refractivity contribution in [3.8, 4) is 0 Å². The van der Waals surface area contributed by atoms with E-state index in [9.17, 15) is 9.59 Å². The van der Waals surface area contributed by atoms with Crippen LogP contribution in [0.15, 0.2) is 27.6 Å². The lowest BCUT2D eigenvalue weighted by molar-refractivity contribution is 0.0696. The number of pyridine rings is 1. The fourth-order valence-electron chi connectivity index (χ4n) is 1.68. The predicted molar refractivity (Wildman–Crippen MR) is 62.7 cm³/mol. The molecule has 0 saturated heterocycles. The number of carbonyl (C=O) groups is 1. The molecule has 0 aliphatic rings. The third kappa shape index (κ3) is 2.17. The van der Waals surface area contributed by atoms with E-state index in [1.54, 1.807) is 13.8 Å². The molecule has 2 aromatic rings. The van der Waals surface area contributed by atoms with Crippen molar-refractivity contribution in [2.24, 2.45) is 0 Å². The van der Waals surface area contributed by atoms with Gasteiger partial charge < -0.3 is 14.2 Å². The molecule has 0 saturated carbocycles. The molecule has 2 aromatic heterocycles. The number of carboxylic acid groups (broad SMARTS) is 1. The van der Waals surface area contributed by atoms with Gasteiger partial charge in [0.05, 0.1) is 17.8 Å². The zero-order valence-electron chi connectivity index (χ0n) is 10.0. The second kappa shape index (κ2) is 4.48. The highest BCUT2D eigenvalue weighted by atomic mass is 16.5. The molecule has 0 atom stereocenters. The van der Waals surface area contributed by atoms with Crippen molar-refractivity contribution in [3.63, 3.8) is 0 Å². The van der Waals surface area contributed by atoms with E-state index in [2.05, 4.69) is 5.16 Å². The highest BCUT2D eigenvalue weighted by Crippen LogP contribution is 2.13. The summed E-state index contributed by atoms with van der Waals surface area (Å²) in [4.78, 5) is 22.5. The van der Waals surface area contributed by atoms with Crippen LogP contribution in [0.25, 0.3) is 0 Å². The Bertz CT molecular complexity index is 635. The topological polar surface area (TPSA) is 85.3 Å². The second-order valence-corrected chi connectivity index (χ2v) is 3.99. The van der Waals surface area contributed by atoms with Gasteiger partial charge in [-0.3, -0.25) is 4.79 Å². The van der Waals surface area contributed by atoms with Crippen molar-refractivity contribution in [1.82, 2.24) is 9.72 Å². The molecule has 0 bridgehead atoms. The van der Waals surface area contributed by atoms with E-state index >= 15 is 0 Å². The fourth-order valence-corrected chi connectivity index (χ4v) is 1.68. The summed E-state index contributed by atoms with van der Waals surface area (Å²) in [5, 5.41) is 12.7. The summed E-state index contributed by atoms with van der Waals surface area (Å²) in [5.41, 5.74) is 1.29. The van der Waals surface area contributed by atoms with Crippen LogP contribution in [-0.4, -0.2) is 20.8 Å². The summed E-state index contributed by atoms with van der Waals surface area (Å²) in [6.07, 6.45) is 1.32. The largest absolute Gasteiger partial charge is 0.478 e. The van der Waals surface area contributed by atoms with Crippen LogP contribution < -0.4 is 5.56 Å². The third-order valence-electron chi connectivity index (χ3n) is 2.74. The zero-order chi connectivity index (χ0) is 13.3. The summed E-state index contributed by atoms with van der Waals surface area (Å²) in [7, 11) is 0. The van der Waals surface area contributed by atoms with Crippen LogP contribution >= 0.6 is 0 Å². The zero-order valence-corrected chi connectivity index (χ0v) is 10.0. The van der Waals surface area contributed by atoms with E-state index in [0.717, 1.165) is 5.56 Å². The van der Waals surface area contributed by atoms with Crippen LogP contribution in [0.5, 0.6) is 0 Å². The first kappa shape index (κ1) is 12.1. The van der Waals surface area contributed by atoms with Crippen molar-refractivity contribution in [2.45, 2.75) is 20.4 Å². The molecule has 94 valence electrons. The number of carboxylic acids is 1. The van der Waals surface area contributed by atoms with Crippen LogP contribution in [0.4, 0.5) is 0 Å². The van der Waals surface area contributed by atoms with Crippen LogP contribution in [0.2, 0.25) is 0 Å². The summed E-state index contributed by atoms with van der Waals surface area (Å²) in [6, 6.07) is 2.52. The van der Waals surface area contributed by atoms with Crippen molar-refractivity contribution in [1.29, 1.82) is 0 Å². The van der Waals surface area contributed by atoms with Gasteiger partial charge in [-0.1, -0.05) is 5.16 Å². The van der Waals surface area contributed by atoms with Gasteiger partial charge in [-0.2, -0.15) is 0 Å². The molecule has 0 radical (unpaired) electrons. The maximum Gasteiger partial charge on any atom is 0.337 e. The summed E-state index contributed by atoms with van der Waals surface area (Å²) >= 11 is 0.